The highest BCUT2D eigenvalue weighted by molar-refractivity contribution is 7.10. The number of hydrogen-bond donors (Lipinski definition) is 1. The molecule has 1 unspecified atom stereocenters. The highest BCUT2D eigenvalue weighted by atomic mass is 35.5. The van der Waals surface area contributed by atoms with Crippen LogP contribution in [-0.4, -0.2) is 27.9 Å². The fraction of sp³-hybridized carbons (Fsp3) is 0.111. The average molecular weight is 579 g/mol. The van der Waals surface area contributed by atoms with Gasteiger partial charge in [-0.2, -0.15) is 0 Å². The van der Waals surface area contributed by atoms with E-state index < -0.39 is 17.9 Å². The number of aliphatic carboxylic acids is 1. The first-order chi connectivity index (χ1) is 17.2. The van der Waals surface area contributed by atoms with Crippen LogP contribution in [0.2, 0.25) is 20.1 Å². The summed E-state index contributed by atoms with van der Waals surface area (Å²) in [7, 11) is 0. The number of carbonyl (C=O) groups is 2. The first-order valence-corrected chi connectivity index (χ1v) is 13.2. The van der Waals surface area contributed by atoms with Crippen molar-refractivity contribution in [3.8, 4) is 11.1 Å². The van der Waals surface area contributed by atoms with Gasteiger partial charge in [0.15, 0.2) is 0 Å². The monoisotopic (exact) mass is 577 g/mol. The van der Waals surface area contributed by atoms with E-state index in [-0.39, 0.29) is 23.6 Å². The highest BCUT2D eigenvalue weighted by Crippen LogP contribution is 2.36. The maximum Gasteiger partial charge on any atom is 0.326 e. The third-order valence-corrected chi connectivity index (χ3v) is 7.64. The van der Waals surface area contributed by atoms with Gasteiger partial charge in [-0.25, -0.2) is 4.79 Å². The van der Waals surface area contributed by atoms with Crippen LogP contribution in [0.15, 0.2) is 78.2 Å². The number of halogens is 4. The van der Waals surface area contributed by atoms with Crippen LogP contribution in [0.1, 0.15) is 20.8 Å². The predicted molar refractivity (Wildman–Crippen MR) is 148 cm³/mol. The van der Waals surface area contributed by atoms with Crippen molar-refractivity contribution in [1.29, 1.82) is 0 Å². The lowest BCUT2D eigenvalue weighted by atomic mass is 10.0. The van der Waals surface area contributed by atoms with Gasteiger partial charge in [0, 0.05) is 31.9 Å². The van der Waals surface area contributed by atoms with Crippen molar-refractivity contribution in [1.82, 2.24) is 4.90 Å². The molecule has 36 heavy (non-hydrogen) atoms. The van der Waals surface area contributed by atoms with E-state index in [0.29, 0.717) is 15.1 Å². The van der Waals surface area contributed by atoms with Crippen molar-refractivity contribution in [3.05, 3.63) is 114 Å². The number of hydrogen-bond acceptors (Lipinski definition) is 3. The van der Waals surface area contributed by atoms with E-state index in [1.165, 1.54) is 28.4 Å². The molecule has 3 aromatic carbocycles. The SMILES string of the molecule is O=C(O)C(Cc1ccccc1)N(Cc1sccc1-c1ccc(Cl)cc1Cl)C(=O)c1ccc(Cl)cc1Cl. The van der Waals surface area contributed by atoms with Crippen molar-refractivity contribution < 1.29 is 14.7 Å². The van der Waals surface area contributed by atoms with Crippen LogP contribution in [-0.2, 0) is 17.8 Å². The molecule has 0 saturated heterocycles. The quantitative estimate of drug-likeness (QED) is 0.228. The Morgan fingerprint density at radius 2 is 1.50 bits per heavy atom. The molecule has 1 atom stereocenters. The molecule has 0 saturated carbocycles. The van der Waals surface area contributed by atoms with Gasteiger partial charge in [0.05, 0.1) is 17.1 Å². The summed E-state index contributed by atoms with van der Waals surface area (Å²) < 4.78 is 0. The molecule has 0 aliphatic heterocycles. The number of amides is 1. The van der Waals surface area contributed by atoms with Gasteiger partial charge in [-0.1, -0.05) is 82.8 Å². The van der Waals surface area contributed by atoms with Crippen molar-refractivity contribution >= 4 is 69.6 Å². The standard InChI is InChI=1S/C27H19Cl4NO3S/c28-17-6-8-19(22(30)13-17)20-10-11-36-25(20)15-32(26(33)21-9-7-18(29)14-23(21)31)24(27(34)35)12-16-4-2-1-3-5-16/h1-11,13-14,24H,12,15H2,(H,34,35). The summed E-state index contributed by atoms with van der Waals surface area (Å²) >= 11 is 26.3. The molecule has 0 aliphatic rings. The molecule has 9 heteroatoms. The number of carboxylic acids is 1. The minimum atomic E-state index is -1.15. The van der Waals surface area contributed by atoms with E-state index in [9.17, 15) is 14.7 Å². The Hall–Kier alpha value is -2.54. The second-order valence-electron chi connectivity index (χ2n) is 7.98. The molecule has 184 valence electrons. The number of rotatable bonds is 8. The number of carboxylic acid groups (broad SMARTS) is 1. The van der Waals surface area contributed by atoms with Gasteiger partial charge in [-0.05, 0) is 52.9 Å². The van der Waals surface area contributed by atoms with Gasteiger partial charge in [0.1, 0.15) is 6.04 Å². The summed E-state index contributed by atoms with van der Waals surface area (Å²) in [5.74, 6) is -1.64. The molecule has 4 aromatic rings. The lowest BCUT2D eigenvalue weighted by Crippen LogP contribution is -2.46. The molecule has 1 aromatic heterocycles. The topological polar surface area (TPSA) is 57.6 Å². The van der Waals surface area contributed by atoms with E-state index in [2.05, 4.69) is 0 Å². The lowest BCUT2D eigenvalue weighted by molar-refractivity contribution is -0.142. The van der Waals surface area contributed by atoms with E-state index in [0.717, 1.165) is 21.6 Å². The molecular formula is C27H19Cl4NO3S. The Morgan fingerprint density at radius 3 is 2.14 bits per heavy atom. The molecular weight excluding hydrogens is 560 g/mol. The summed E-state index contributed by atoms with van der Waals surface area (Å²) in [6, 6.07) is 19.6. The summed E-state index contributed by atoms with van der Waals surface area (Å²) in [5.41, 5.74) is 2.50. The Labute approximate surface area is 232 Å². The van der Waals surface area contributed by atoms with Crippen molar-refractivity contribution in [2.75, 3.05) is 0 Å². The first-order valence-electron chi connectivity index (χ1n) is 10.8. The Bertz CT molecular complexity index is 1410. The number of carbonyl (C=O) groups excluding carboxylic acids is 1. The first kappa shape index (κ1) is 26.5. The molecule has 0 aliphatic carbocycles. The molecule has 0 fully saturated rings. The zero-order chi connectivity index (χ0) is 25.8. The van der Waals surface area contributed by atoms with Crippen LogP contribution in [0.25, 0.3) is 11.1 Å². The summed E-state index contributed by atoms with van der Waals surface area (Å²) in [4.78, 5) is 28.4. The molecule has 4 nitrogen and oxygen atoms in total. The summed E-state index contributed by atoms with van der Waals surface area (Å²) in [6.07, 6.45) is 0.121. The smallest absolute Gasteiger partial charge is 0.326 e. The van der Waals surface area contributed by atoms with E-state index in [1.54, 1.807) is 24.3 Å². The van der Waals surface area contributed by atoms with Crippen molar-refractivity contribution in [2.45, 2.75) is 19.0 Å². The third kappa shape index (κ3) is 6.05. The van der Waals surface area contributed by atoms with Crippen LogP contribution in [0.5, 0.6) is 0 Å². The van der Waals surface area contributed by atoms with Gasteiger partial charge in [-0.15, -0.1) is 11.3 Å². The molecule has 1 amide bonds. The molecule has 4 rings (SSSR count). The fourth-order valence-corrected chi connectivity index (χ4v) is 5.76. The Kier molecular flexibility index (Phi) is 8.60. The van der Waals surface area contributed by atoms with Crippen LogP contribution in [0, 0.1) is 0 Å². The van der Waals surface area contributed by atoms with E-state index in [1.807, 2.05) is 41.8 Å². The molecule has 1 N–H and O–H groups in total. The lowest BCUT2D eigenvalue weighted by Gasteiger charge is -2.30. The van der Waals surface area contributed by atoms with Gasteiger partial charge in [0.2, 0.25) is 0 Å². The van der Waals surface area contributed by atoms with Crippen molar-refractivity contribution in [2.24, 2.45) is 0 Å². The molecule has 0 radical (unpaired) electrons. The van der Waals surface area contributed by atoms with Crippen LogP contribution >= 0.6 is 57.7 Å². The van der Waals surface area contributed by atoms with Crippen LogP contribution < -0.4 is 0 Å². The maximum atomic E-state index is 13.8. The van der Waals surface area contributed by atoms with Gasteiger partial charge >= 0.3 is 5.97 Å². The zero-order valence-electron chi connectivity index (χ0n) is 18.6. The normalized spacial score (nSPS) is 11.8. The predicted octanol–water partition coefficient (Wildman–Crippen LogP) is 8.37. The summed E-state index contributed by atoms with van der Waals surface area (Å²) in [6.45, 7) is 0.0353. The highest BCUT2D eigenvalue weighted by Gasteiger charge is 2.32. The molecule has 0 spiro atoms. The maximum absolute atomic E-state index is 13.8. The van der Waals surface area contributed by atoms with Crippen LogP contribution in [0.4, 0.5) is 0 Å². The van der Waals surface area contributed by atoms with Crippen LogP contribution in [0.3, 0.4) is 0 Å². The second kappa shape index (κ2) is 11.7. The van der Waals surface area contributed by atoms with Gasteiger partial charge in [-0.3, -0.25) is 4.79 Å². The third-order valence-electron chi connectivity index (χ3n) is 5.64. The Morgan fingerprint density at radius 1 is 0.833 bits per heavy atom. The minimum absolute atomic E-state index is 0.0353. The van der Waals surface area contributed by atoms with Gasteiger partial charge < -0.3 is 10.0 Å². The van der Waals surface area contributed by atoms with E-state index in [4.69, 9.17) is 46.4 Å². The molecule has 1 heterocycles. The zero-order valence-corrected chi connectivity index (χ0v) is 22.5. The van der Waals surface area contributed by atoms with Gasteiger partial charge in [0.25, 0.3) is 5.91 Å². The number of thiophene rings is 1. The Balaban J connectivity index is 1.78. The largest absolute Gasteiger partial charge is 0.480 e. The minimum Gasteiger partial charge on any atom is -0.480 e. The van der Waals surface area contributed by atoms with Crippen molar-refractivity contribution in [3.63, 3.8) is 0 Å². The van der Waals surface area contributed by atoms with E-state index >= 15 is 0 Å². The second-order valence-corrected chi connectivity index (χ2v) is 10.7. The average Bonchev–Trinajstić information content (AvgIpc) is 3.29. The fourth-order valence-electron chi connectivity index (χ4n) is 3.88. The molecule has 0 bridgehead atoms. The summed E-state index contributed by atoms with van der Waals surface area (Å²) in [5, 5.41) is 13.6. The number of nitrogens with zero attached hydrogens (tertiary/aromatic N) is 1. The number of benzene rings is 3.